The van der Waals surface area contributed by atoms with E-state index in [-0.39, 0.29) is 51.0 Å². The molecule has 0 saturated heterocycles. The number of hydrogen-bond donors (Lipinski definition) is 0. The molecule has 0 heterocycles. The molecular weight excluding hydrogens is 250 g/mol. The minimum atomic E-state index is 0. The van der Waals surface area contributed by atoms with Crippen LogP contribution in [-0.2, 0) is 26.2 Å². The maximum Gasteiger partial charge on any atom is 0.0170 e. The number of allylic oxidation sites excluding steroid dienone is 1. The first kappa shape index (κ1) is 22.4. The Balaban J connectivity index is -0.0000000417. The van der Waals surface area contributed by atoms with Gasteiger partial charge in [0.15, 0.2) is 0 Å². The Morgan fingerprint density at radius 2 is 1.89 bits per heavy atom. The summed E-state index contributed by atoms with van der Waals surface area (Å²) in [4.78, 5) is 0. The third-order valence-electron chi connectivity index (χ3n) is 0.762. The van der Waals surface area contributed by atoms with Gasteiger partial charge in [0, 0.05) is 35.7 Å². The zero-order valence-corrected chi connectivity index (χ0v) is 11.2. The van der Waals surface area contributed by atoms with Crippen molar-refractivity contribution in [3.05, 3.63) is 12.7 Å². The average Bonchev–Trinajstić information content (AvgIpc) is 1.61. The first-order valence-corrected chi connectivity index (χ1v) is 4.94. The van der Waals surface area contributed by atoms with Crippen LogP contribution >= 0.6 is 24.8 Å². The van der Waals surface area contributed by atoms with Crippen LogP contribution in [0.1, 0.15) is 6.42 Å². The van der Waals surface area contributed by atoms with E-state index in [0.717, 1.165) is 0 Å². The van der Waals surface area contributed by atoms with Crippen molar-refractivity contribution in [1.82, 2.24) is 0 Å². The molecule has 0 rings (SSSR count). The van der Waals surface area contributed by atoms with Crippen molar-refractivity contribution in [2.75, 3.05) is 0 Å². The van der Waals surface area contributed by atoms with Crippen LogP contribution in [0.5, 0.6) is 0 Å². The molecule has 0 saturated carbocycles. The third kappa shape index (κ3) is 26.5. The van der Waals surface area contributed by atoms with Crippen molar-refractivity contribution in [2.24, 2.45) is 0 Å². The van der Waals surface area contributed by atoms with Gasteiger partial charge in [-0.15, -0.1) is 31.4 Å². The van der Waals surface area contributed by atoms with Crippen LogP contribution in [0.2, 0.25) is 12.6 Å². The summed E-state index contributed by atoms with van der Waals surface area (Å²) in [5.74, 6) is 0. The van der Waals surface area contributed by atoms with Crippen molar-refractivity contribution in [2.45, 2.75) is 19.0 Å². The predicted molar refractivity (Wildman–Crippen MR) is 48.5 cm³/mol. The van der Waals surface area contributed by atoms with E-state index in [1.54, 1.807) is 0 Å². The Bertz CT molecular complexity index is 43.9. The van der Waals surface area contributed by atoms with Crippen LogP contribution in [-0.4, -0.2) is 9.52 Å². The zero-order valence-electron chi connectivity index (χ0n) is 5.72. The number of rotatable bonds is 3. The molecule has 0 N–H and O–H groups in total. The molecule has 0 aliphatic carbocycles. The van der Waals surface area contributed by atoms with Crippen molar-refractivity contribution in [1.29, 1.82) is 0 Å². The first-order valence-electron chi connectivity index (χ1n) is 2.52. The van der Waals surface area contributed by atoms with Gasteiger partial charge in [0.25, 0.3) is 0 Å². The molecule has 0 amide bonds. The second-order valence-corrected chi connectivity index (χ2v) is 3.14. The molecule has 0 fully saturated rings. The van der Waals surface area contributed by atoms with Gasteiger partial charge >= 0.3 is 0 Å². The van der Waals surface area contributed by atoms with Crippen LogP contribution in [0.25, 0.3) is 0 Å². The van der Waals surface area contributed by atoms with Crippen LogP contribution in [0.3, 0.4) is 0 Å². The van der Waals surface area contributed by atoms with E-state index in [0.29, 0.717) is 9.52 Å². The van der Waals surface area contributed by atoms with Crippen LogP contribution < -0.4 is 0 Å². The Kier molecular flexibility index (Phi) is 56.7. The quantitative estimate of drug-likeness (QED) is 0.416. The summed E-state index contributed by atoms with van der Waals surface area (Å²) in [5.41, 5.74) is 0. The fraction of sp³-hybridized carbons (Fsp3) is 0.600. The molecule has 0 spiro atoms. The van der Waals surface area contributed by atoms with Crippen LogP contribution in [0, 0.1) is 0 Å². The first-order chi connectivity index (χ1) is 2.91. The summed E-state index contributed by atoms with van der Waals surface area (Å²) in [6.45, 7) is 5.94. The normalized spacial score (nSPS) is 6.78. The van der Waals surface area contributed by atoms with Gasteiger partial charge < -0.3 is 0 Å². The topological polar surface area (TPSA) is 0 Å². The molecule has 0 aromatic carbocycles. The van der Waals surface area contributed by atoms with E-state index in [2.05, 4.69) is 13.1 Å². The summed E-state index contributed by atoms with van der Waals surface area (Å²) in [7, 11) is 0.332. The molecular formula is C5H14Cl2SiZr. The second-order valence-electron chi connectivity index (χ2n) is 1.43. The molecule has 0 aliphatic heterocycles. The van der Waals surface area contributed by atoms with Crippen molar-refractivity contribution >= 4 is 34.3 Å². The molecule has 0 aromatic heterocycles. The van der Waals surface area contributed by atoms with Crippen molar-refractivity contribution in [3.63, 3.8) is 0 Å². The molecule has 56 valence electrons. The van der Waals surface area contributed by atoms with E-state index in [1.165, 1.54) is 12.5 Å². The maximum atomic E-state index is 3.62. The minimum absolute atomic E-state index is 0. The number of hydrogen-bond acceptors (Lipinski definition) is 0. The van der Waals surface area contributed by atoms with Gasteiger partial charge in [0.2, 0.25) is 0 Å². The Morgan fingerprint density at radius 3 is 2.00 bits per heavy atom. The summed E-state index contributed by atoms with van der Waals surface area (Å²) in [5, 5.41) is 0. The minimum Gasteiger partial charge on any atom is -0.147 e. The van der Waals surface area contributed by atoms with E-state index < -0.39 is 0 Å². The van der Waals surface area contributed by atoms with Gasteiger partial charge in [-0.05, 0) is 6.42 Å². The molecule has 0 atom stereocenters. The van der Waals surface area contributed by atoms with Gasteiger partial charge in [-0.2, -0.15) is 0 Å². The Labute approximate surface area is 91.6 Å². The molecule has 0 radical (unpaired) electrons. The fourth-order valence-corrected chi connectivity index (χ4v) is 1.05. The van der Waals surface area contributed by atoms with Gasteiger partial charge in [0.1, 0.15) is 0 Å². The molecule has 9 heavy (non-hydrogen) atoms. The van der Waals surface area contributed by atoms with E-state index in [9.17, 15) is 0 Å². The fourth-order valence-electron chi connectivity index (χ4n) is 0.348. The SMILES string of the molecule is C=CCC[SiH2]C.Cl.Cl.[Zr]. The monoisotopic (exact) mass is 262 g/mol. The Morgan fingerprint density at radius 1 is 1.44 bits per heavy atom. The van der Waals surface area contributed by atoms with Gasteiger partial charge in [-0.25, -0.2) is 0 Å². The largest absolute Gasteiger partial charge is 0.147 e. The van der Waals surface area contributed by atoms with Crippen LogP contribution in [0.15, 0.2) is 12.7 Å². The summed E-state index contributed by atoms with van der Waals surface area (Å²) >= 11 is 0. The van der Waals surface area contributed by atoms with Gasteiger partial charge in [-0.3, -0.25) is 0 Å². The number of halogens is 2. The zero-order chi connectivity index (χ0) is 4.83. The molecule has 4 heteroatoms. The second kappa shape index (κ2) is 22.7. The predicted octanol–water partition coefficient (Wildman–Crippen LogP) is 2.04. The molecule has 0 unspecified atom stereocenters. The summed E-state index contributed by atoms with van der Waals surface area (Å²) < 4.78 is 0. The van der Waals surface area contributed by atoms with E-state index >= 15 is 0 Å². The smallest absolute Gasteiger partial charge is 0.0170 e. The average molecular weight is 264 g/mol. The van der Waals surface area contributed by atoms with Crippen molar-refractivity contribution in [3.8, 4) is 0 Å². The maximum absolute atomic E-state index is 3.62. The van der Waals surface area contributed by atoms with Gasteiger partial charge in [0.05, 0.1) is 0 Å². The Hall–Kier alpha value is 1.42. The van der Waals surface area contributed by atoms with E-state index in [1.807, 2.05) is 6.08 Å². The molecule has 0 aliphatic rings. The standard InChI is InChI=1S/C5H12Si.2ClH.Zr/c1-3-4-5-6-2;;;/h3H,1,4-6H2,2H3;2*1H;. The molecule has 0 aromatic rings. The summed E-state index contributed by atoms with van der Waals surface area (Å²) in [6.07, 6.45) is 3.24. The molecule has 0 nitrogen and oxygen atoms in total. The van der Waals surface area contributed by atoms with E-state index in [4.69, 9.17) is 0 Å². The van der Waals surface area contributed by atoms with Crippen molar-refractivity contribution < 1.29 is 26.2 Å². The summed E-state index contributed by atoms with van der Waals surface area (Å²) in [6, 6.07) is 1.43. The molecule has 0 bridgehead atoms. The third-order valence-corrected chi connectivity index (χ3v) is 1.88. The van der Waals surface area contributed by atoms with Gasteiger partial charge in [-0.1, -0.05) is 18.7 Å². The van der Waals surface area contributed by atoms with Crippen LogP contribution in [0.4, 0.5) is 0 Å².